The summed E-state index contributed by atoms with van der Waals surface area (Å²) < 4.78 is 0. The lowest BCUT2D eigenvalue weighted by Gasteiger charge is -2.51. The Morgan fingerprint density at radius 1 is 1.04 bits per heavy atom. The minimum atomic E-state index is 0. The zero-order valence-electron chi connectivity index (χ0n) is 13.5. The van der Waals surface area contributed by atoms with E-state index in [2.05, 4.69) is 28.0 Å². The molecule has 0 saturated carbocycles. The Morgan fingerprint density at radius 3 is 2.61 bits per heavy atom. The fraction of sp³-hybridized carbons (Fsp3) is 0.632. The van der Waals surface area contributed by atoms with Crippen molar-refractivity contribution in [3.8, 4) is 0 Å². The quantitative estimate of drug-likeness (QED) is 0.789. The first kappa shape index (κ1) is 15.5. The molecule has 5 aliphatic rings. The second-order valence-corrected chi connectivity index (χ2v) is 7.63. The monoisotopic (exact) mass is 332 g/mol. The minimum absolute atomic E-state index is 0. The average Bonchev–Trinajstić information content (AvgIpc) is 2.59. The molecule has 1 aromatic rings. The molecule has 2 atom stereocenters. The topological polar surface area (TPSA) is 23.6 Å². The lowest BCUT2D eigenvalue weighted by Crippen LogP contribution is -2.60. The van der Waals surface area contributed by atoms with Crippen molar-refractivity contribution in [3.05, 3.63) is 34.9 Å². The molecule has 3 nitrogen and oxygen atoms in total. The van der Waals surface area contributed by atoms with Crippen LogP contribution in [0.5, 0.6) is 0 Å². The van der Waals surface area contributed by atoms with Gasteiger partial charge in [0.1, 0.15) is 0 Å². The fourth-order valence-corrected chi connectivity index (χ4v) is 5.41. The molecule has 124 valence electrons. The number of benzene rings is 1. The number of piperidine rings is 3. The van der Waals surface area contributed by atoms with Crippen LogP contribution in [0, 0.1) is 5.92 Å². The molecule has 1 aromatic carbocycles. The van der Waals surface area contributed by atoms with Gasteiger partial charge in [-0.1, -0.05) is 12.1 Å². The number of carbonyl (C=O) groups is 1. The van der Waals surface area contributed by atoms with E-state index in [-0.39, 0.29) is 12.4 Å². The van der Waals surface area contributed by atoms with E-state index in [9.17, 15) is 4.79 Å². The molecule has 6 rings (SSSR count). The largest absolute Gasteiger partial charge is 0.333 e. The average molecular weight is 333 g/mol. The smallest absolute Gasteiger partial charge is 0.254 e. The number of carbonyl (C=O) groups excluding carboxylic acids is 1. The first-order valence-electron chi connectivity index (χ1n) is 8.96. The summed E-state index contributed by atoms with van der Waals surface area (Å²) in [6, 6.07) is 6.87. The Morgan fingerprint density at radius 2 is 1.87 bits per heavy atom. The van der Waals surface area contributed by atoms with E-state index in [0.717, 1.165) is 31.0 Å². The molecule has 1 amide bonds. The van der Waals surface area contributed by atoms with Gasteiger partial charge in [-0.3, -0.25) is 4.79 Å². The molecule has 4 heterocycles. The Hall–Kier alpha value is -1.06. The van der Waals surface area contributed by atoms with Crippen molar-refractivity contribution in [1.82, 2.24) is 9.80 Å². The van der Waals surface area contributed by atoms with E-state index >= 15 is 0 Å². The van der Waals surface area contributed by atoms with Gasteiger partial charge in [0.15, 0.2) is 0 Å². The van der Waals surface area contributed by atoms with Crippen LogP contribution in [-0.4, -0.2) is 47.9 Å². The van der Waals surface area contributed by atoms with Gasteiger partial charge in [-0.25, -0.2) is 0 Å². The summed E-state index contributed by atoms with van der Waals surface area (Å²) in [5, 5.41) is 0. The second-order valence-electron chi connectivity index (χ2n) is 7.63. The van der Waals surface area contributed by atoms with Crippen LogP contribution < -0.4 is 0 Å². The van der Waals surface area contributed by atoms with Crippen molar-refractivity contribution in [1.29, 1.82) is 0 Å². The van der Waals surface area contributed by atoms with Crippen molar-refractivity contribution in [3.63, 3.8) is 0 Å². The van der Waals surface area contributed by atoms with Crippen LogP contribution in [0.2, 0.25) is 0 Å². The van der Waals surface area contributed by atoms with Crippen molar-refractivity contribution < 1.29 is 4.79 Å². The molecule has 3 saturated heterocycles. The number of halogens is 1. The van der Waals surface area contributed by atoms with Crippen LogP contribution >= 0.6 is 12.4 Å². The van der Waals surface area contributed by atoms with Crippen LogP contribution in [0.15, 0.2) is 18.2 Å². The normalized spacial score (nSPS) is 34.8. The summed E-state index contributed by atoms with van der Waals surface area (Å²) in [6.45, 7) is 4.57. The molecular weight excluding hydrogens is 308 g/mol. The summed E-state index contributed by atoms with van der Waals surface area (Å²) in [7, 11) is 0. The molecule has 0 N–H and O–H groups in total. The maximum absolute atomic E-state index is 13.1. The number of rotatable bonds is 1. The van der Waals surface area contributed by atoms with E-state index in [4.69, 9.17) is 0 Å². The lowest BCUT2D eigenvalue weighted by atomic mass is 9.75. The minimum Gasteiger partial charge on any atom is -0.333 e. The number of hydrogen-bond donors (Lipinski definition) is 0. The Balaban J connectivity index is 0.00000135. The molecule has 0 spiro atoms. The number of amides is 1. The SMILES string of the molecule is Cl.O=C1c2cccc3c2[C@H](CCC3)CN1[C@@H]1CN2CCC1CC2. The number of aryl methyl sites for hydroxylation is 1. The molecule has 0 radical (unpaired) electrons. The third-order valence-corrected chi connectivity index (χ3v) is 6.53. The fourth-order valence-electron chi connectivity index (χ4n) is 5.41. The van der Waals surface area contributed by atoms with E-state index in [1.165, 1.54) is 49.9 Å². The van der Waals surface area contributed by atoms with Gasteiger partial charge < -0.3 is 9.80 Å². The first-order valence-corrected chi connectivity index (χ1v) is 8.96. The highest BCUT2D eigenvalue weighted by molar-refractivity contribution is 5.98. The van der Waals surface area contributed by atoms with E-state index in [1.807, 2.05) is 0 Å². The maximum Gasteiger partial charge on any atom is 0.254 e. The predicted molar refractivity (Wildman–Crippen MR) is 93.4 cm³/mol. The van der Waals surface area contributed by atoms with Gasteiger partial charge >= 0.3 is 0 Å². The van der Waals surface area contributed by atoms with E-state index in [0.29, 0.717) is 17.9 Å². The van der Waals surface area contributed by atoms with E-state index in [1.54, 1.807) is 0 Å². The molecule has 0 unspecified atom stereocenters. The Kier molecular flexibility index (Phi) is 3.89. The van der Waals surface area contributed by atoms with Gasteiger partial charge in [0.25, 0.3) is 5.91 Å². The van der Waals surface area contributed by atoms with Crippen LogP contribution in [0.25, 0.3) is 0 Å². The molecule has 3 fully saturated rings. The van der Waals surface area contributed by atoms with E-state index < -0.39 is 0 Å². The number of nitrogens with zero attached hydrogens (tertiary/aromatic N) is 2. The molecule has 0 aromatic heterocycles. The van der Waals surface area contributed by atoms with Crippen molar-refractivity contribution in [2.24, 2.45) is 5.92 Å². The molecule has 23 heavy (non-hydrogen) atoms. The predicted octanol–water partition coefficient (Wildman–Crippen LogP) is 3.08. The van der Waals surface area contributed by atoms with Gasteiger partial charge in [-0.05, 0) is 68.3 Å². The zero-order chi connectivity index (χ0) is 14.7. The van der Waals surface area contributed by atoms with Crippen LogP contribution in [-0.2, 0) is 6.42 Å². The molecule has 2 bridgehead atoms. The Bertz CT molecular complexity index is 624. The standard InChI is InChI=1S/C19H24N2O.ClH/c22-19-16-6-2-4-14-3-1-5-15(18(14)16)11-21(19)17-12-20-9-7-13(17)8-10-20;/h2,4,6,13,15,17H,1,3,5,7-12H2;1H/t15-,17-;/m1./s1. The van der Waals surface area contributed by atoms with Crippen molar-refractivity contribution >= 4 is 18.3 Å². The number of fused-ring (bicyclic) bond motifs is 3. The van der Waals surface area contributed by atoms with Gasteiger partial charge in [0, 0.05) is 30.6 Å². The van der Waals surface area contributed by atoms with Gasteiger partial charge in [0.2, 0.25) is 0 Å². The highest BCUT2D eigenvalue weighted by Crippen LogP contribution is 2.41. The highest BCUT2D eigenvalue weighted by Gasteiger charge is 2.43. The summed E-state index contributed by atoms with van der Waals surface area (Å²) in [5.41, 5.74) is 3.86. The van der Waals surface area contributed by atoms with Crippen LogP contribution in [0.3, 0.4) is 0 Å². The summed E-state index contributed by atoms with van der Waals surface area (Å²) in [6.07, 6.45) is 6.27. The third-order valence-electron chi connectivity index (χ3n) is 6.53. The zero-order valence-corrected chi connectivity index (χ0v) is 14.4. The van der Waals surface area contributed by atoms with Gasteiger partial charge in [-0.2, -0.15) is 0 Å². The molecule has 4 heteroatoms. The first-order chi connectivity index (χ1) is 10.8. The second kappa shape index (κ2) is 5.78. The van der Waals surface area contributed by atoms with Gasteiger partial charge in [0.05, 0.1) is 0 Å². The van der Waals surface area contributed by atoms with Crippen molar-refractivity contribution in [2.45, 2.75) is 44.1 Å². The summed E-state index contributed by atoms with van der Waals surface area (Å²) in [4.78, 5) is 18.0. The number of hydrogen-bond acceptors (Lipinski definition) is 2. The van der Waals surface area contributed by atoms with Gasteiger partial charge in [-0.15, -0.1) is 12.4 Å². The maximum atomic E-state index is 13.1. The summed E-state index contributed by atoms with van der Waals surface area (Å²) >= 11 is 0. The Labute approximate surface area is 144 Å². The van der Waals surface area contributed by atoms with Crippen LogP contribution in [0.1, 0.15) is 53.1 Å². The van der Waals surface area contributed by atoms with Crippen LogP contribution in [0.4, 0.5) is 0 Å². The summed E-state index contributed by atoms with van der Waals surface area (Å²) in [5.74, 6) is 1.64. The lowest BCUT2D eigenvalue weighted by molar-refractivity contribution is 0.00258. The highest BCUT2D eigenvalue weighted by atomic mass is 35.5. The third kappa shape index (κ3) is 2.32. The van der Waals surface area contributed by atoms with Crippen molar-refractivity contribution in [2.75, 3.05) is 26.2 Å². The molecule has 1 aliphatic carbocycles. The molecule has 4 aliphatic heterocycles. The molecular formula is C19H25ClN2O.